The number of rotatable bonds is 5. The monoisotopic (exact) mass is 237 g/mol. The van der Waals surface area contributed by atoms with Crippen LogP contribution in [0, 0.1) is 11.8 Å². The first-order chi connectivity index (χ1) is 8.42. The van der Waals surface area contributed by atoms with Crippen LogP contribution in [-0.2, 0) is 0 Å². The molecular formula is C16H31N. The predicted molar refractivity (Wildman–Crippen MR) is 75.2 cm³/mol. The molecule has 2 fully saturated rings. The van der Waals surface area contributed by atoms with Gasteiger partial charge in [0.25, 0.3) is 0 Å². The van der Waals surface area contributed by atoms with Gasteiger partial charge in [0, 0.05) is 6.04 Å². The second-order valence-electron chi connectivity index (χ2n) is 6.28. The van der Waals surface area contributed by atoms with Crippen molar-refractivity contribution in [3.63, 3.8) is 0 Å². The van der Waals surface area contributed by atoms with Crippen LogP contribution in [0.25, 0.3) is 0 Å². The average molecular weight is 237 g/mol. The Kier molecular flexibility index (Phi) is 5.84. The van der Waals surface area contributed by atoms with Crippen LogP contribution in [0.1, 0.15) is 77.6 Å². The molecule has 100 valence electrons. The highest BCUT2D eigenvalue weighted by molar-refractivity contribution is 4.88. The van der Waals surface area contributed by atoms with Crippen LogP contribution in [0.2, 0.25) is 0 Å². The maximum absolute atomic E-state index is 3.89. The minimum Gasteiger partial charge on any atom is -0.313 e. The van der Waals surface area contributed by atoms with E-state index in [4.69, 9.17) is 0 Å². The number of hydrogen-bond acceptors (Lipinski definition) is 1. The Hall–Kier alpha value is -0.0400. The van der Waals surface area contributed by atoms with Crippen molar-refractivity contribution in [2.45, 2.75) is 83.6 Å². The van der Waals surface area contributed by atoms with Gasteiger partial charge >= 0.3 is 0 Å². The van der Waals surface area contributed by atoms with E-state index >= 15 is 0 Å². The van der Waals surface area contributed by atoms with Crippen molar-refractivity contribution in [2.24, 2.45) is 11.8 Å². The van der Waals surface area contributed by atoms with E-state index in [1.807, 2.05) is 0 Å². The van der Waals surface area contributed by atoms with E-state index in [0.29, 0.717) is 0 Å². The van der Waals surface area contributed by atoms with Gasteiger partial charge in [0.05, 0.1) is 0 Å². The highest BCUT2D eigenvalue weighted by Crippen LogP contribution is 2.37. The smallest absolute Gasteiger partial charge is 0.0124 e. The van der Waals surface area contributed by atoms with Crippen LogP contribution in [0.4, 0.5) is 0 Å². The summed E-state index contributed by atoms with van der Waals surface area (Å²) in [6.45, 7) is 3.53. The largest absolute Gasteiger partial charge is 0.313 e. The average Bonchev–Trinajstić information content (AvgIpc) is 2.21. The van der Waals surface area contributed by atoms with E-state index in [1.165, 1.54) is 77.2 Å². The third-order valence-electron chi connectivity index (χ3n) is 4.95. The molecule has 1 N–H and O–H groups in total. The molecular weight excluding hydrogens is 206 g/mol. The highest BCUT2D eigenvalue weighted by Gasteiger charge is 2.32. The third-order valence-corrected chi connectivity index (χ3v) is 4.95. The van der Waals surface area contributed by atoms with Gasteiger partial charge in [-0.3, -0.25) is 0 Å². The minimum atomic E-state index is 0.863. The van der Waals surface area contributed by atoms with Crippen LogP contribution in [-0.4, -0.2) is 12.6 Å². The molecule has 0 aromatic heterocycles. The first-order valence-corrected chi connectivity index (χ1v) is 8.15. The Morgan fingerprint density at radius 3 is 1.82 bits per heavy atom. The summed E-state index contributed by atoms with van der Waals surface area (Å²) in [6.07, 6.45) is 16.2. The predicted octanol–water partition coefficient (Wildman–Crippen LogP) is 4.52. The summed E-state index contributed by atoms with van der Waals surface area (Å²) in [4.78, 5) is 0. The zero-order valence-electron chi connectivity index (χ0n) is 11.7. The van der Waals surface area contributed by atoms with Crippen LogP contribution in [0.3, 0.4) is 0 Å². The Bertz CT molecular complexity index is 190. The van der Waals surface area contributed by atoms with Gasteiger partial charge in [-0.1, -0.05) is 45.4 Å². The Morgan fingerprint density at radius 2 is 1.35 bits per heavy atom. The Labute approximate surface area is 108 Å². The molecule has 0 heterocycles. The maximum atomic E-state index is 3.89. The topological polar surface area (TPSA) is 12.0 Å². The van der Waals surface area contributed by atoms with E-state index in [0.717, 1.165) is 17.9 Å². The van der Waals surface area contributed by atoms with E-state index in [-0.39, 0.29) is 0 Å². The molecule has 0 radical (unpaired) electrons. The zero-order valence-corrected chi connectivity index (χ0v) is 11.7. The van der Waals surface area contributed by atoms with E-state index in [2.05, 4.69) is 12.2 Å². The van der Waals surface area contributed by atoms with Gasteiger partial charge in [0.15, 0.2) is 0 Å². The first-order valence-electron chi connectivity index (χ1n) is 8.15. The molecule has 0 amide bonds. The van der Waals surface area contributed by atoms with Gasteiger partial charge < -0.3 is 5.32 Å². The fourth-order valence-corrected chi connectivity index (χ4v) is 3.68. The molecule has 2 aliphatic carbocycles. The van der Waals surface area contributed by atoms with Crippen LogP contribution in [0.15, 0.2) is 0 Å². The fourth-order valence-electron chi connectivity index (χ4n) is 3.68. The first kappa shape index (κ1) is 13.4. The van der Waals surface area contributed by atoms with Crippen molar-refractivity contribution in [1.82, 2.24) is 5.32 Å². The summed E-state index contributed by atoms with van der Waals surface area (Å²) in [5, 5.41) is 3.89. The molecule has 0 aliphatic heterocycles. The summed E-state index contributed by atoms with van der Waals surface area (Å²) in [5.41, 5.74) is 0. The van der Waals surface area contributed by atoms with Crippen LogP contribution < -0.4 is 5.32 Å². The molecule has 0 aromatic rings. The lowest BCUT2D eigenvalue weighted by Gasteiger charge is -2.40. The zero-order chi connectivity index (χ0) is 11.9. The van der Waals surface area contributed by atoms with Crippen molar-refractivity contribution in [3.05, 3.63) is 0 Å². The molecule has 1 unspecified atom stereocenters. The number of nitrogens with one attached hydrogen (secondary N) is 1. The van der Waals surface area contributed by atoms with Gasteiger partial charge in [0.1, 0.15) is 0 Å². The summed E-state index contributed by atoms with van der Waals surface area (Å²) >= 11 is 0. The van der Waals surface area contributed by atoms with Crippen molar-refractivity contribution < 1.29 is 0 Å². The van der Waals surface area contributed by atoms with Gasteiger partial charge in [-0.2, -0.15) is 0 Å². The van der Waals surface area contributed by atoms with E-state index in [9.17, 15) is 0 Å². The van der Waals surface area contributed by atoms with Gasteiger partial charge in [0.2, 0.25) is 0 Å². The normalized spacial score (nSPS) is 25.9. The molecule has 0 aromatic carbocycles. The van der Waals surface area contributed by atoms with Crippen molar-refractivity contribution >= 4 is 0 Å². The molecule has 2 aliphatic rings. The van der Waals surface area contributed by atoms with Gasteiger partial charge in [-0.25, -0.2) is 0 Å². The quantitative estimate of drug-likeness (QED) is 0.741. The van der Waals surface area contributed by atoms with Crippen LogP contribution in [0.5, 0.6) is 0 Å². The standard InChI is InChI=1S/C16H31N/c1-2-13-17-16(15-11-8-12-15)14-9-6-4-3-5-7-10-14/h14-17H,2-13H2,1H3. The summed E-state index contributed by atoms with van der Waals surface area (Å²) in [5.74, 6) is 2.01. The summed E-state index contributed by atoms with van der Waals surface area (Å²) in [7, 11) is 0. The molecule has 0 spiro atoms. The van der Waals surface area contributed by atoms with Crippen molar-refractivity contribution in [2.75, 3.05) is 6.54 Å². The second-order valence-corrected chi connectivity index (χ2v) is 6.28. The molecule has 0 saturated heterocycles. The SMILES string of the molecule is CCCNC(C1CCCCCCC1)C1CCC1. The highest BCUT2D eigenvalue weighted by atomic mass is 14.9. The van der Waals surface area contributed by atoms with Crippen molar-refractivity contribution in [3.8, 4) is 0 Å². The summed E-state index contributed by atoms with van der Waals surface area (Å²) in [6, 6.07) is 0.863. The van der Waals surface area contributed by atoms with E-state index in [1.54, 1.807) is 0 Å². The minimum absolute atomic E-state index is 0.863. The van der Waals surface area contributed by atoms with E-state index < -0.39 is 0 Å². The molecule has 1 heteroatoms. The lowest BCUT2D eigenvalue weighted by Crippen LogP contribution is -2.45. The third kappa shape index (κ3) is 3.98. The Morgan fingerprint density at radius 1 is 0.824 bits per heavy atom. The van der Waals surface area contributed by atoms with Crippen LogP contribution >= 0.6 is 0 Å². The molecule has 17 heavy (non-hydrogen) atoms. The number of hydrogen-bond donors (Lipinski definition) is 1. The molecule has 2 saturated carbocycles. The van der Waals surface area contributed by atoms with Gasteiger partial charge in [-0.05, 0) is 50.5 Å². The lowest BCUT2D eigenvalue weighted by atomic mass is 9.72. The molecule has 1 atom stereocenters. The summed E-state index contributed by atoms with van der Waals surface area (Å²) < 4.78 is 0. The second kappa shape index (κ2) is 7.41. The molecule has 0 bridgehead atoms. The molecule has 1 nitrogen and oxygen atoms in total. The fraction of sp³-hybridized carbons (Fsp3) is 1.00. The molecule has 2 rings (SSSR count). The van der Waals surface area contributed by atoms with Gasteiger partial charge in [-0.15, -0.1) is 0 Å². The van der Waals surface area contributed by atoms with Crippen molar-refractivity contribution in [1.29, 1.82) is 0 Å². The lowest BCUT2D eigenvalue weighted by molar-refractivity contribution is 0.153. The Balaban J connectivity index is 1.86. The maximum Gasteiger partial charge on any atom is 0.0124 e.